The molecule has 4 heteroatoms. The van der Waals surface area contributed by atoms with Gasteiger partial charge >= 0.3 is 0 Å². The molecule has 3 unspecified atom stereocenters. The van der Waals surface area contributed by atoms with Crippen LogP contribution in [-0.4, -0.2) is 39.4 Å². The summed E-state index contributed by atoms with van der Waals surface area (Å²) in [5, 5.41) is 28.8. The van der Waals surface area contributed by atoms with Crippen LogP contribution in [0.1, 0.15) is 57.8 Å². The Bertz CT molecular complexity index is 297. The Kier molecular flexibility index (Phi) is 5.37. The van der Waals surface area contributed by atoms with Crippen LogP contribution >= 0.6 is 0 Å². The van der Waals surface area contributed by atoms with Gasteiger partial charge in [-0.05, 0) is 57.3 Å². The van der Waals surface area contributed by atoms with Gasteiger partial charge in [-0.2, -0.15) is 0 Å². The summed E-state index contributed by atoms with van der Waals surface area (Å²) in [6.07, 6.45) is 5.50. The molecule has 0 aromatic rings. The quantitative estimate of drug-likeness (QED) is 0.722. The average Bonchev–Trinajstić information content (AvgIpc) is 2.37. The first-order valence-corrected chi connectivity index (χ1v) is 7.63. The van der Waals surface area contributed by atoms with E-state index < -0.39 is 12.2 Å². The molecule has 3 N–H and O–H groups in total. The SMILES string of the molecule is O=C(CCC1CCC(O)CC1)C1CCC(O)CC1O. The molecule has 0 saturated heterocycles. The molecular formula is C15H26O4. The largest absolute Gasteiger partial charge is 0.393 e. The lowest BCUT2D eigenvalue weighted by Gasteiger charge is -2.30. The average molecular weight is 270 g/mol. The second-order valence-electron chi connectivity index (χ2n) is 6.32. The van der Waals surface area contributed by atoms with Gasteiger partial charge in [0.1, 0.15) is 5.78 Å². The van der Waals surface area contributed by atoms with Crippen LogP contribution in [0.2, 0.25) is 0 Å². The highest BCUT2D eigenvalue weighted by molar-refractivity contribution is 5.81. The second-order valence-corrected chi connectivity index (χ2v) is 6.32. The van der Waals surface area contributed by atoms with Crippen molar-refractivity contribution >= 4 is 5.78 Å². The molecule has 2 saturated carbocycles. The summed E-state index contributed by atoms with van der Waals surface area (Å²) in [5.41, 5.74) is 0. The van der Waals surface area contributed by atoms with Crippen LogP contribution in [-0.2, 0) is 4.79 Å². The number of carbonyl (C=O) groups is 1. The van der Waals surface area contributed by atoms with Gasteiger partial charge in [0.25, 0.3) is 0 Å². The van der Waals surface area contributed by atoms with E-state index in [1.807, 2.05) is 0 Å². The van der Waals surface area contributed by atoms with Crippen molar-refractivity contribution in [1.82, 2.24) is 0 Å². The molecular weight excluding hydrogens is 244 g/mol. The Balaban J connectivity index is 1.72. The van der Waals surface area contributed by atoms with E-state index in [9.17, 15) is 20.1 Å². The van der Waals surface area contributed by atoms with Crippen molar-refractivity contribution in [3.8, 4) is 0 Å². The third-order valence-corrected chi connectivity index (χ3v) is 4.82. The zero-order valence-electron chi connectivity index (χ0n) is 11.5. The fraction of sp³-hybridized carbons (Fsp3) is 0.933. The standard InChI is InChI=1S/C15H26O4/c16-11-4-1-10(2-5-11)3-8-14(18)13-7-6-12(17)9-15(13)19/h10-13,15-17,19H,1-9H2. The molecule has 0 spiro atoms. The van der Waals surface area contributed by atoms with Crippen LogP contribution in [0.25, 0.3) is 0 Å². The van der Waals surface area contributed by atoms with E-state index in [0.717, 1.165) is 32.1 Å². The molecule has 0 aromatic heterocycles. The number of hydrogen-bond acceptors (Lipinski definition) is 4. The van der Waals surface area contributed by atoms with Gasteiger partial charge in [0, 0.05) is 12.3 Å². The van der Waals surface area contributed by atoms with E-state index in [1.165, 1.54) is 0 Å². The van der Waals surface area contributed by atoms with Crippen molar-refractivity contribution < 1.29 is 20.1 Å². The fourth-order valence-corrected chi connectivity index (χ4v) is 3.47. The number of aliphatic hydroxyl groups excluding tert-OH is 3. The molecule has 2 aliphatic carbocycles. The molecule has 0 radical (unpaired) electrons. The number of hydrogen-bond donors (Lipinski definition) is 3. The van der Waals surface area contributed by atoms with Crippen LogP contribution in [0.4, 0.5) is 0 Å². The summed E-state index contributed by atoms with van der Waals surface area (Å²) in [6.45, 7) is 0. The first-order valence-electron chi connectivity index (χ1n) is 7.63. The van der Waals surface area contributed by atoms with Crippen LogP contribution in [0.3, 0.4) is 0 Å². The summed E-state index contributed by atoms with van der Waals surface area (Å²) in [7, 11) is 0. The number of carbonyl (C=O) groups excluding carboxylic acids is 1. The lowest BCUT2D eigenvalue weighted by atomic mass is 9.79. The van der Waals surface area contributed by atoms with Crippen LogP contribution < -0.4 is 0 Å². The van der Waals surface area contributed by atoms with Crippen LogP contribution in [0.5, 0.6) is 0 Å². The molecule has 0 bridgehead atoms. The summed E-state index contributed by atoms with van der Waals surface area (Å²) < 4.78 is 0. The number of Topliss-reactive ketones (excluding diaryl/α,β-unsaturated/α-hetero) is 1. The van der Waals surface area contributed by atoms with E-state index in [-0.39, 0.29) is 17.8 Å². The number of aliphatic hydroxyl groups is 3. The van der Waals surface area contributed by atoms with Gasteiger partial charge in [-0.15, -0.1) is 0 Å². The Labute approximate surface area is 114 Å². The van der Waals surface area contributed by atoms with Gasteiger partial charge in [0.2, 0.25) is 0 Å². The van der Waals surface area contributed by atoms with E-state index in [0.29, 0.717) is 31.6 Å². The lowest BCUT2D eigenvalue weighted by molar-refractivity contribution is -0.130. The molecule has 2 rings (SSSR count). The predicted octanol–water partition coefficient (Wildman–Crippen LogP) is 1.41. The third-order valence-electron chi connectivity index (χ3n) is 4.82. The highest BCUT2D eigenvalue weighted by Gasteiger charge is 2.33. The highest BCUT2D eigenvalue weighted by Crippen LogP contribution is 2.31. The van der Waals surface area contributed by atoms with Gasteiger partial charge < -0.3 is 15.3 Å². The lowest BCUT2D eigenvalue weighted by Crippen LogP contribution is -2.36. The van der Waals surface area contributed by atoms with Crippen molar-refractivity contribution in [2.24, 2.45) is 11.8 Å². The Hall–Kier alpha value is -0.450. The molecule has 4 nitrogen and oxygen atoms in total. The normalized spacial score (nSPS) is 40.1. The predicted molar refractivity (Wildman–Crippen MR) is 71.6 cm³/mol. The van der Waals surface area contributed by atoms with Crippen molar-refractivity contribution in [2.75, 3.05) is 0 Å². The van der Waals surface area contributed by atoms with Gasteiger partial charge in [0.05, 0.1) is 18.3 Å². The van der Waals surface area contributed by atoms with Gasteiger partial charge in [-0.25, -0.2) is 0 Å². The molecule has 0 aliphatic heterocycles. The highest BCUT2D eigenvalue weighted by atomic mass is 16.3. The Morgan fingerprint density at radius 2 is 1.53 bits per heavy atom. The van der Waals surface area contributed by atoms with E-state index in [2.05, 4.69) is 0 Å². The molecule has 2 aliphatic rings. The molecule has 2 fully saturated rings. The van der Waals surface area contributed by atoms with E-state index in [1.54, 1.807) is 0 Å². The monoisotopic (exact) mass is 270 g/mol. The first kappa shape index (κ1) is 14.9. The molecule has 110 valence electrons. The maximum Gasteiger partial charge on any atom is 0.138 e. The van der Waals surface area contributed by atoms with Gasteiger partial charge in [0.15, 0.2) is 0 Å². The van der Waals surface area contributed by atoms with E-state index in [4.69, 9.17) is 0 Å². The second kappa shape index (κ2) is 6.82. The summed E-state index contributed by atoms with van der Waals surface area (Å²) in [6, 6.07) is 0. The minimum atomic E-state index is -0.663. The first-order chi connectivity index (χ1) is 9.06. The molecule has 0 aromatic carbocycles. The zero-order valence-corrected chi connectivity index (χ0v) is 11.5. The van der Waals surface area contributed by atoms with Crippen LogP contribution in [0.15, 0.2) is 0 Å². The maximum atomic E-state index is 12.1. The molecule has 0 amide bonds. The minimum absolute atomic E-state index is 0.145. The summed E-state index contributed by atoms with van der Waals surface area (Å²) in [4.78, 5) is 12.1. The maximum absolute atomic E-state index is 12.1. The van der Waals surface area contributed by atoms with Gasteiger partial charge in [-0.3, -0.25) is 4.79 Å². The summed E-state index contributed by atoms with van der Waals surface area (Å²) in [5.74, 6) is 0.446. The zero-order chi connectivity index (χ0) is 13.8. The topological polar surface area (TPSA) is 77.8 Å². The van der Waals surface area contributed by atoms with Crippen molar-refractivity contribution in [1.29, 1.82) is 0 Å². The molecule has 19 heavy (non-hydrogen) atoms. The smallest absolute Gasteiger partial charge is 0.138 e. The number of rotatable bonds is 4. The van der Waals surface area contributed by atoms with Crippen molar-refractivity contribution in [3.05, 3.63) is 0 Å². The van der Waals surface area contributed by atoms with Crippen LogP contribution in [0, 0.1) is 11.8 Å². The minimum Gasteiger partial charge on any atom is -0.393 e. The third kappa shape index (κ3) is 4.26. The number of ketones is 1. The Morgan fingerprint density at radius 3 is 2.16 bits per heavy atom. The molecule has 3 atom stereocenters. The molecule has 0 heterocycles. The van der Waals surface area contributed by atoms with Gasteiger partial charge in [-0.1, -0.05) is 0 Å². The summed E-state index contributed by atoms with van der Waals surface area (Å²) >= 11 is 0. The van der Waals surface area contributed by atoms with Crippen molar-refractivity contribution in [2.45, 2.75) is 76.1 Å². The van der Waals surface area contributed by atoms with Crippen molar-refractivity contribution in [3.63, 3.8) is 0 Å². The Morgan fingerprint density at radius 1 is 0.895 bits per heavy atom. The van der Waals surface area contributed by atoms with E-state index >= 15 is 0 Å². The fourth-order valence-electron chi connectivity index (χ4n) is 3.47.